The van der Waals surface area contributed by atoms with Gasteiger partial charge >= 0.3 is 6.03 Å². The number of aliphatic imine (C=N–C) groups is 1. The average molecular weight is 463 g/mol. The van der Waals surface area contributed by atoms with E-state index in [9.17, 15) is 19.2 Å². The topological polar surface area (TPSA) is 99.6 Å². The molecule has 0 bridgehead atoms. The molecule has 2 saturated heterocycles. The monoisotopic (exact) mass is 462 g/mol. The van der Waals surface area contributed by atoms with Crippen LogP contribution in [0.5, 0.6) is 0 Å². The highest BCUT2D eigenvalue weighted by Gasteiger charge is 2.41. The van der Waals surface area contributed by atoms with Crippen LogP contribution in [0.3, 0.4) is 0 Å². The van der Waals surface area contributed by atoms with E-state index < -0.39 is 6.03 Å². The zero-order chi connectivity index (χ0) is 23.5. The van der Waals surface area contributed by atoms with Crippen LogP contribution in [-0.4, -0.2) is 90.1 Å². The number of urea groups is 1. The third-order valence-electron chi connectivity index (χ3n) is 7.02. The van der Waals surface area contributed by atoms with E-state index in [1.54, 1.807) is 6.08 Å². The van der Waals surface area contributed by atoms with Gasteiger partial charge in [0.25, 0.3) is 0 Å². The fourth-order valence-electron chi connectivity index (χ4n) is 5.13. The molecule has 184 valence electrons. The largest absolute Gasteiger partial charge is 0.379 e. The number of rotatable bonds is 6. The van der Waals surface area contributed by atoms with Crippen LogP contribution < -0.4 is 0 Å². The molecule has 0 spiro atoms. The standard InChI is InChI=1S/C17H27N3O4.C7H11NO/c21-15-13-16(22)20(14-5-2-1-3-6-14)17(23)19(15)8-4-7-18-9-11-24-12-10-18;9-6-8-7-4-2-1-3-5-7/h14H,1-13H2;7H,1-5H2. The van der Waals surface area contributed by atoms with Crippen molar-refractivity contribution < 1.29 is 23.9 Å². The Morgan fingerprint density at radius 2 is 1.48 bits per heavy atom. The maximum absolute atomic E-state index is 12.7. The van der Waals surface area contributed by atoms with Crippen molar-refractivity contribution in [2.75, 3.05) is 39.4 Å². The molecule has 4 amide bonds. The summed E-state index contributed by atoms with van der Waals surface area (Å²) in [5.41, 5.74) is 0. The van der Waals surface area contributed by atoms with Crippen molar-refractivity contribution in [3.05, 3.63) is 0 Å². The first-order valence-corrected chi connectivity index (χ1v) is 12.6. The van der Waals surface area contributed by atoms with Gasteiger partial charge in [-0.25, -0.2) is 14.6 Å². The minimum atomic E-state index is -0.398. The van der Waals surface area contributed by atoms with Gasteiger partial charge in [-0.1, -0.05) is 38.5 Å². The zero-order valence-corrected chi connectivity index (χ0v) is 19.7. The maximum Gasteiger partial charge on any atom is 0.333 e. The molecule has 4 fully saturated rings. The first-order chi connectivity index (χ1) is 16.1. The highest BCUT2D eigenvalue weighted by atomic mass is 16.5. The summed E-state index contributed by atoms with van der Waals surface area (Å²) >= 11 is 0. The van der Waals surface area contributed by atoms with E-state index in [1.807, 2.05) is 0 Å². The van der Waals surface area contributed by atoms with Crippen molar-refractivity contribution >= 4 is 23.9 Å². The number of imide groups is 2. The van der Waals surface area contributed by atoms with Gasteiger partial charge in [-0.2, -0.15) is 0 Å². The lowest BCUT2D eigenvalue weighted by Crippen LogP contribution is -2.58. The lowest BCUT2D eigenvalue weighted by Gasteiger charge is -2.39. The Morgan fingerprint density at radius 3 is 2.12 bits per heavy atom. The number of morpholine rings is 1. The van der Waals surface area contributed by atoms with Crippen LogP contribution in [0.25, 0.3) is 0 Å². The maximum atomic E-state index is 12.7. The van der Waals surface area contributed by atoms with E-state index >= 15 is 0 Å². The number of isocyanates is 1. The summed E-state index contributed by atoms with van der Waals surface area (Å²) < 4.78 is 5.32. The van der Waals surface area contributed by atoms with Crippen molar-refractivity contribution in [1.29, 1.82) is 0 Å². The second kappa shape index (κ2) is 13.6. The van der Waals surface area contributed by atoms with Gasteiger partial charge in [-0.15, -0.1) is 0 Å². The molecule has 0 unspecified atom stereocenters. The quantitative estimate of drug-likeness (QED) is 0.342. The van der Waals surface area contributed by atoms with Gasteiger partial charge in [0, 0.05) is 32.2 Å². The Bertz CT molecular complexity index is 706. The number of ether oxygens (including phenoxy) is 1. The molecule has 0 atom stereocenters. The lowest BCUT2D eigenvalue weighted by atomic mass is 9.93. The fourth-order valence-corrected chi connectivity index (χ4v) is 5.13. The molecule has 9 nitrogen and oxygen atoms in total. The third-order valence-corrected chi connectivity index (χ3v) is 7.02. The second-order valence-corrected chi connectivity index (χ2v) is 9.38. The molecular weight excluding hydrogens is 424 g/mol. The Labute approximate surface area is 196 Å². The number of hydrogen-bond acceptors (Lipinski definition) is 7. The first kappa shape index (κ1) is 25.5. The first-order valence-electron chi connectivity index (χ1n) is 12.6. The van der Waals surface area contributed by atoms with Gasteiger partial charge in [0.1, 0.15) is 6.42 Å². The smallest absolute Gasteiger partial charge is 0.333 e. The summed E-state index contributed by atoms with van der Waals surface area (Å²) in [4.78, 5) is 55.5. The van der Waals surface area contributed by atoms with Gasteiger partial charge in [0.05, 0.1) is 19.3 Å². The second-order valence-electron chi connectivity index (χ2n) is 9.38. The van der Waals surface area contributed by atoms with Crippen LogP contribution in [0.4, 0.5) is 4.79 Å². The van der Waals surface area contributed by atoms with E-state index in [0.29, 0.717) is 12.6 Å². The van der Waals surface area contributed by atoms with E-state index in [2.05, 4.69) is 9.89 Å². The van der Waals surface area contributed by atoms with Gasteiger partial charge in [0.2, 0.25) is 17.9 Å². The predicted molar refractivity (Wildman–Crippen MR) is 122 cm³/mol. The number of carbonyl (C=O) groups excluding carboxylic acids is 4. The molecule has 9 heteroatoms. The van der Waals surface area contributed by atoms with Crippen molar-refractivity contribution in [3.8, 4) is 0 Å². The van der Waals surface area contributed by atoms with E-state index in [1.165, 1.54) is 29.1 Å². The molecule has 0 aromatic heterocycles. The molecular formula is C24H38N4O5. The summed E-state index contributed by atoms with van der Waals surface area (Å²) in [7, 11) is 0. The minimum Gasteiger partial charge on any atom is -0.379 e. The lowest BCUT2D eigenvalue weighted by molar-refractivity contribution is -0.144. The minimum absolute atomic E-state index is 0.0198. The predicted octanol–water partition coefficient (Wildman–Crippen LogP) is 2.88. The van der Waals surface area contributed by atoms with Crippen molar-refractivity contribution in [3.63, 3.8) is 0 Å². The van der Waals surface area contributed by atoms with Gasteiger partial charge in [0.15, 0.2) is 0 Å². The molecule has 0 N–H and O–H groups in total. The number of carbonyl (C=O) groups is 3. The third kappa shape index (κ3) is 7.73. The van der Waals surface area contributed by atoms with Crippen LogP contribution in [-0.2, 0) is 19.1 Å². The van der Waals surface area contributed by atoms with Crippen molar-refractivity contribution in [2.24, 2.45) is 4.99 Å². The molecule has 4 aliphatic rings. The van der Waals surface area contributed by atoms with E-state index in [4.69, 9.17) is 4.74 Å². The Kier molecular flexibility index (Phi) is 10.5. The van der Waals surface area contributed by atoms with E-state index in [-0.39, 0.29) is 24.3 Å². The van der Waals surface area contributed by atoms with Gasteiger partial charge in [-0.3, -0.25) is 24.3 Å². The molecule has 4 rings (SSSR count). The number of barbiturate groups is 1. The van der Waals surface area contributed by atoms with Crippen molar-refractivity contribution in [1.82, 2.24) is 14.7 Å². The Hall–Kier alpha value is -2.09. The molecule has 2 heterocycles. The molecule has 33 heavy (non-hydrogen) atoms. The summed E-state index contributed by atoms with van der Waals surface area (Å²) in [5.74, 6) is -0.666. The Balaban J connectivity index is 0.000000286. The molecule has 0 radical (unpaired) electrons. The fraction of sp³-hybridized carbons (Fsp3) is 0.833. The summed E-state index contributed by atoms with van der Waals surface area (Å²) in [6.07, 6.45) is 13.1. The molecule has 0 aromatic carbocycles. The van der Waals surface area contributed by atoms with Crippen LogP contribution >= 0.6 is 0 Å². The van der Waals surface area contributed by atoms with Crippen molar-refractivity contribution in [2.45, 2.75) is 89.1 Å². The Morgan fingerprint density at radius 1 is 0.848 bits per heavy atom. The van der Waals surface area contributed by atoms with Gasteiger partial charge in [-0.05, 0) is 32.1 Å². The summed E-state index contributed by atoms with van der Waals surface area (Å²) in [6, 6.07) is -0.116. The zero-order valence-electron chi connectivity index (χ0n) is 19.7. The summed E-state index contributed by atoms with van der Waals surface area (Å²) in [6.45, 7) is 4.52. The van der Waals surface area contributed by atoms with Gasteiger partial charge < -0.3 is 4.74 Å². The molecule has 2 aliphatic carbocycles. The van der Waals surface area contributed by atoms with Crippen LogP contribution in [0.2, 0.25) is 0 Å². The van der Waals surface area contributed by atoms with Crippen LogP contribution in [0, 0.1) is 0 Å². The molecule has 2 saturated carbocycles. The highest BCUT2D eigenvalue weighted by molar-refractivity contribution is 6.14. The molecule has 2 aliphatic heterocycles. The molecule has 0 aromatic rings. The van der Waals surface area contributed by atoms with Crippen LogP contribution in [0.1, 0.15) is 77.0 Å². The number of hydrogen-bond donors (Lipinski definition) is 0. The normalized spacial score (nSPS) is 23.7. The van der Waals surface area contributed by atoms with Crippen LogP contribution in [0.15, 0.2) is 4.99 Å². The summed E-state index contributed by atoms with van der Waals surface area (Å²) in [5, 5.41) is 0. The average Bonchev–Trinajstić information content (AvgIpc) is 2.84. The SMILES string of the molecule is O=C1CC(=O)N(C2CCCCC2)C(=O)N1CCCN1CCOCC1.O=C=NC1CCCCC1. The number of amides is 4. The van der Waals surface area contributed by atoms with E-state index in [0.717, 1.165) is 84.2 Å². The number of nitrogens with zero attached hydrogens (tertiary/aromatic N) is 4. The highest BCUT2D eigenvalue weighted by Crippen LogP contribution is 2.26.